The van der Waals surface area contributed by atoms with Crippen LogP contribution in [0.15, 0.2) is 126 Å². The molecule has 10 nitrogen and oxygen atoms in total. The first-order chi connectivity index (χ1) is 25.9. The van der Waals surface area contributed by atoms with Crippen molar-refractivity contribution in [2.45, 2.75) is 75.6 Å². The van der Waals surface area contributed by atoms with Gasteiger partial charge in [-0.15, -0.1) is 0 Å². The van der Waals surface area contributed by atoms with Gasteiger partial charge in [0.2, 0.25) is 0 Å². The van der Waals surface area contributed by atoms with Crippen LogP contribution in [0.25, 0.3) is 0 Å². The van der Waals surface area contributed by atoms with E-state index in [1.54, 1.807) is 26.5 Å². The van der Waals surface area contributed by atoms with Crippen molar-refractivity contribution in [1.29, 1.82) is 0 Å². The SMILES string of the molecule is COc1ccc(C(OCC2OC(n3ccc(NCc4ccccc4)nc3=O)C(O)C2O[Si](C)(C)C(C)(C)C)(c2ccccc2)c2ccc(OC)cc2)cc1. The van der Waals surface area contributed by atoms with Crippen molar-refractivity contribution in [1.82, 2.24) is 9.55 Å². The maximum Gasteiger partial charge on any atom is 0.351 e. The Balaban J connectivity index is 1.38. The van der Waals surface area contributed by atoms with Crippen LogP contribution in [-0.2, 0) is 26.0 Å². The van der Waals surface area contributed by atoms with Gasteiger partial charge in [-0.2, -0.15) is 4.98 Å². The predicted octanol–water partition coefficient (Wildman–Crippen LogP) is 7.53. The van der Waals surface area contributed by atoms with Crippen molar-refractivity contribution < 1.29 is 28.5 Å². The Kier molecular flexibility index (Phi) is 11.7. The predicted molar refractivity (Wildman–Crippen MR) is 213 cm³/mol. The highest BCUT2D eigenvalue weighted by Gasteiger charge is 2.51. The molecule has 0 bridgehead atoms. The van der Waals surface area contributed by atoms with Gasteiger partial charge in [-0.05, 0) is 70.7 Å². The van der Waals surface area contributed by atoms with Gasteiger partial charge in [-0.25, -0.2) is 4.79 Å². The van der Waals surface area contributed by atoms with Crippen LogP contribution in [0.4, 0.5) is 5.82 Å². The number of aromatic nitrogens is 2. The molecule has 1 aliphatic heterocycles. The minimum absolute atomic E-state index is 0.0126. The topological polar surface area (TPSA) is 113 Å². The minimum Gasteiger partial charge on any atom is -0.497 e. The van der Waals surface area contributed by atoms with E-state index in [4.69, 9.17) is 23.4 Å². The van der Waals surface area contributed by atoms with E-state index in [1.165, 1.54) is 4.57 Å². The van der Waals surface area contributed by atoms with Crippen molar-refractivity contribution in [3.63, 3.8) is 0 Å². The van der Waals surface area contributed by atoms with E-state index in [-0.39, 0.29) is 11.6 Å². The van der Waals surface area contributed by atoms with E-state index in [9.17, 15) is 9.90 Å². The Bertz CT molecular complexity index is 1970. The normalized spacial score (nSPS) is 19.0. The molecule has 0 radical (unpaired) electrons. The summed E-state index contributed by atoms with van der Waals surface area (Å²) < 4.78 is 33.1. The Morgan fingerprint density at radius 2 is 1.33 bits per heavy atom. The van der Waals surface area contributed by atoms with E-state index >= 15 is 0 Å². The number of aliphatic hydroxyl groups excluding tert-OH is 1. The van der Waals surface area contributed by atoms with E-state index in [2.05, 4.69) is 44.2 Å². The number of hydrogen-bond acceptors (Lipinski definition) is 9. The summed E-state index contributed by atoms with van der Waals surface area (Å²) in [6.45, 7) is 11.2. The molecule has 5 aromatic rings. The van der Waals surface area contributed by atoms with Crippen LogP contribution in [0.5, 0.6) is 11.5 Å². The molecule has 1 saturated heterocycles. The molecule has 4 aromatic carbocycles. The van der Waals surface area contributed by atoms with Crippen molar-refractivity contribution in [3.05, 3.63) is 154 Å². The molecule has 54 heavy (non-hydrogen) atoms. The summed E-state index contributed by atoms with van der Waals surface area (Å²) in [6, 6.07) is 37.2. The molecule has 0 spiro atoms. The highest BCUT2D eigenvalue weighted by molar-refractivity contribution is 6.74. The summed E-state index contributed by atoms with van der Waals surface area (Å²) in [5.41, 5.74) is 1.97. The lowest BCUT2D eigenvalue weighted by molar-refractivity contribution is -0.0947. The summed E-state index contributed by atoms with van der Waals surface area (Å²) in [6.07, 6.45) is -2.22. The fourth-order valence-electron chi connectivity index (χ4n) is 6.52. The smallest absolute Gasteiger partial charge is 0.351 e. The highest BCUT2D eigenvalue weighted by atomic mass is 28.4. The van der Waals surface area contributed by atoms with Crippen LogP contribution in [0.2, 0.25) is 18.1 Å². The molecule has 1 fully saturated rings. The number of aliphatic hydroxyl groups is 1. The zero-order valence-electron chi connectivity index (χ0n) is 32.1. The van der Waals surface area contributed by atoms with Crippen LogP contribution >= 0.6 is 0 Å². The minimum atomic E-state index is -2.47. The number of ether oxygens (including phenoxy) is 4. The van der Waals surface area contributed by atoms with Crippen molar-refractivity contribution >= 4 is 14.1 Å². The van der Waals surface area contributed by atoms with E-state index in [0.717, 1.165) is 22.3 Å². The van der Waals surface area contributed by atoms with E-state index in [0.29, 0.717) is 23.9 Å². The summed E-state index contributed by atoms with van der Waals surface area (Å²) >= 11 is 0. The number of nitrogens with zero attached hydrogens (tertiary/aromatic N) is 2. The van der Waals surface area contributed by atoms with Gasteiger partial charge in [-0.1, -0.05) is 106 Å². The fraction of sp³-hybridized carbons (Fsp3) is 0.349. The number of anilines is 1. The molecule has 0 aliphatic carbocycles. The Morgan fingerprint density at radius 3 is 1.85 bits per heavy atom. The second kappa shape index (κ2) is 16.3. The molecule has 4 unspecified atom stereocenters. The van der Waals surface area contributed by atoms with Gasteiger partial charge in [-0.3, -0.25) is 4.57 Å². The Morgan fingerprint density at radius 1 is 0.796 bits per heavy atom. The fourth-order valence-corrected chi connectivity index (χ4v) is 7.85. The lowest BCUT2D eigenvalue weighted by Crippen LogP contribution is -2.50. The zero-order chi connectivity index (χ0) is 38.5. The summed E-state index contributed by atoms with van der Waals surface area (Å²) in [5.74, 6) is 1.85. The van der Waals surface area contributed by atoms with Crippen LogP contribution in [-0.4, -0.2) is 62.1 Å². The van der Waals surface area contributed by atoms with Gasteiger partial charge in [0, 0.05) is 12.7 Å². The van der Waals surface area contributed by atoms with Gasteiger partial charge in [0.05, 0.1) is 20.8 Å². The van der Waals surface area contributed by atoms with Crippen molar-refractivity contribution in [3.8, 4) is 11.5 Å². The number of nitrogens with one attached hydrogen (secondary N) is 1. The van der Waals surface area contributed by atoms with Crippen molar-refractivity contribution in [2.24, 2.45) is 0 Å². The second-order valence-corrected chi connectivity index (χ2v) is 19.8. The Labute approximate surface area is 318 Å². The van der Waals surface area contributed by atoms with Crippen LogP contribution < -0.4 is 20.5 Å². The monoisotopic (exact) mass is 749 g/mol. The first-order valence-corrected chi connectivity index (χ1v) is 21.1. The van der Waals surface area contributed by atoms with Gasteiger partial charge in [0.15, 0.2) is 14.5 Å². The number of benzene rings is 4. The molecule has 0 saturated carbocycles. The van der Waals surface area contributed by atoms with Crippen LogP contribution in [0, 0.1) is 0 Å². The third-order valence-electron chi connectivity index (χ3n) is 10.6. The first-order valence-electron chi connectivity index (χ1n) is 18.2. The highest BCUT2D eigenvalue weighted by Crippen LogP contribution is 2.45. The summed E-state index contributed by atoms with van der Waals surface area (Å²) in [5, 5.41) is 15.1. The average Bonchev–Trinajstić information content (AvgIpc) is 3.48. The number of hydrogen-bond donors (Lipinski definition) is 2. The lowest BCUT2D eigenvalue weighted by atomic mass is 9.80. The maximum absolute atomic E-state index is 13.6. The molecule has 1 aromatic heterocycles. The van der Waals surface area contributed by atoms with Gasteiger partial charge < -0.3 is 33.8 Å². The standard InChI is InChI=1S/C43H51N3O7Si/c1-42(2,3)54(6,7)53-39-36(52-40(38(39)47)46-27-26-37(45-41(46)48)44-28-30-14-10-8-11-15-30)29-51-43(31-16-12-9-13-17-31,32-18-22-34(49-4)23-19-32)33-20-24-35(50-5)25-21-33/h8-27,36,38-40,47H,28-29H2,1-7H3,(H,44,45,48). The largest absolute Gasteiger partial charge is 0.497 e. The molecule has 284 valence electrons. The molecule has 4 atom stereocenters. The zero-order valence-corrected chi connectivity index (χ0v) is 33.1. The molecule has 11 heteroatoms. The lowest BCUT2D eigenvalue weighted by Gasteiger charge is -2.41. The van der Waals surface area contributed by atoms with Crippen LogP contribution in [0.1, 0.15) is 49.3 Å². The molecular weight excluding hydrogens is 699 g/mol. The molecule has 1 aliphatic rings. The quantitative estimate of drug-likeness (QED) is 0.0879. The molecule has 2 heterocycles. The van der Waals surface area contributed by atoms with Crippen LogP contribution in [0.3, 0.4) is 0 Å². The maximum atomic E-state index is 13.6. The average molecular weight is 750 g/mol. The number of rotatable bonds is 14. The van der Waals surface area contributed by atoms with E-state index < -0.39 is 44.1 Å². The third kappa shape index (κ3) is 8.15. The Hall–Kier alpha value is -4.78. The third-order valence-corrected chi connectivity index (χ3v) is 15.1. The van der Waals surface area contributed by atoms with Crippen molar-refractivity contribution in [2.75, 3.05) is 26.1 Å². The molecule has 0 amide bonds. The van der Waals surface area contributed by atoms with Gasteiger partial charge >= 0.3 is 5.69 Å². The first kappa shape index (κ1) is 38.9. The van der Waals surface area contributed by atoms with Gasteiger partial charge in [0.1, 0.15) is 41.2 Å². The molecule has 2 N–H and O–H groups in total. The number of methoxy groups -OCH3 is 2. The summed E-state index contributed by atoms with van der Waals surface area (Å²) in [4.78, 5) is 17.8. The second-order valence-electron chi connectivity index (χ2n) is 15.1. The van der Waals surface area contributed by atoms with Gasteiger partial charge in [0.25, 0.3) is 0 Å². The van der Waals surface area contributed by atoms with E-state index in [1.807, 2.05) is 109 Å². The summed E-state index contributed by atoms with van der Waals surface area (Å²) in [7, 11) is 0.798. The molecular formula is C43H51N3O7Si. The molecule has 6 rings (SSSR count).